The molecule has 3 aromatic rings. The van der Waals surface area contributed by atoms with Gasteiger partial charge < -0.3 is 19.8 Å². The molecule has 1 unspecified atom stereocenters. The number of Topliss-reactive ketones (excluding diaryl/α,β-unsaturated/α-hetero) is 1. The van der Waals surface area contributed by atoms with Crippen LogP contribution in [0.15, 0.2) is 65.6 Å². The second-order valence-corrected chi connectivity index (χ2v) is 8.91. The molecule has 2 aliphatic heterocycles. The highest BCUT2D eigenvalue weighted by Gasteiger charge is 2.46. The molecule has 1 amide bonds. The lowest BCUT2D eigenvalue weighted by atomic mass is 9.94. The van der Waals surface area contributed by atoms with Gasteiger partial charge in [0.15, 0.2) is 0 Å². The molecule has 0 bridgehead atoms. The Morgan fingerprint density at radius 1 is 1.12 bits per heavy atom. The Hall–Kier alpha value is -3.58. The number of likely N-dealkylation sites (tertiary alicyclic amines) is 1. The lowest BCUT2D eigenvalue weighted by molar-refractivity contribution is -0.140. The van der Waals surface area contributed by atoms with Crippen molar-refractivity contribution in [3.05, 3.63) is 87.1 Å². The number of hydrogen-bond donors (Lipinski definition) is 2. The highest BCUT2D eigenvalue weighted by molar-refractivity contribution is 7.09. The molecule has 32 heavy (non-hydrogen) atoms. The van der Waals surface area contributed by atoms with Gasteiger partial charge in [-0.05, 0) is 65.7 Å². The van der Waals surface area contributed by atoms with Crippen molar-refractivity contribution in [1.29, 1.82) is 0 Å². The first-order chi connectivity index (χ1) is 15.5. The first kappa shape index (κ1) is 20.3. The number of carbonyl (C=O) groups is 2. The zero-order valence-corrected chi connectivity index (χ0v) is 18.0. The monoisotopic (exact) mass is 447 g/mol. The van der Waals surface area contributed by atoms with E-state index in [1.807, 2.05) is 23.6 Å². The average Bonchev–Trinajstić information content (AvgIpc) is 3.41. The van der Waals surface area contributed by atoms with E-state index in [-0.39, 0.29) is 23.6 Å². The van der Waals surface area contributed by atoms with E-state index in [2.05, 4.69) is 0 Å². The van der Waals surface area contributed by atoms with E-state index in [1.54, 1.807) is 24.3 Å². The number of aryl methyl sites for hydroxylation is 1. The molecular formula is C25H21NO5S. The van der Waals surface area contributed by atoms with Gasteiger partial charge >= 0.3 is 0 Å². The van der Waals surface area contributed by atoms with Gasteiger partial charge in [0, 0.05) is 10.4 Å². The summed E-state index contributed by atoms with van der Waals surface area (Å²) in [7, 11) is 0. The maximum absolute atomic E-state index is 13.1. The van der Waals surface area contributed by atoms with E-state index in [4.69, 9.17) is 4.74 Å². The number of amides is 1. The summed E-state index contributed by atoms with van der Waals surface area (Å²) in [6, 6.07) is 14.7. The van der Waals surface area contributed by atoms with Crippen molar-refractivity contribution in [1.82, 2.24) is 4.90 Å². The van der Waals surface area contributed by atoms with Crippen molar-refractivity contribution in [2.24, 2.45) is 0 Å². The fraction of sp³-hybridized carbons (Fsp3) is 0.200. The van der Waals surface area contributed by atoms with Crippen LogP contribution in [0.3, 0.4) is 0 Å². The zero-order chi connectivity index (χ0) is 22.2. The highest BCUT2D eigenvalue weighted by atomic mass is 32.1. The number of hydrogen-bond acceptors (Lipinski definition) is 6. The van der Waals surface area contributed by atoms with Crippen LogP contribution < -0.4 is 4.74 Å². The van der Waals surface area contributed by atoms with E-state index in [9.17, 15) is 19.8 Å². The number of benzene rings is 2. The summed E-state index contributed by atoms with van der Waals surface area (Å²) in [5.74, 6) is -0.833. The van der Waals surface area contributed by atoms with Gasteiger partial charge in [0.2, 0.25) is 0 Å². The molecule has 6 nitrogen and oxygen atoms in total. The van der Waals surface area contributed by atoms with Crippen LogP contribution >= 0.6 is 11.3 Å². The number of carbonyl (C=O) groups excluding carboxylic acids is 2. The maximum atomic E-state index is 13.1. The Bertz CT molecular complexity index is 1230. The standard InChI is InChI=1S/C25H21NO5S/c27-18-6-1-4-16(13-18)22-21(24(29)25(30)26(22)14-19-7-3-11-32-19)23(28)17-8-9-20-15(12-17)5-2-10-31-20/h1,3-4,6-9,11-13,22,27-28H,2,5,10,14H2/b23-21-. The minimum Gasteiger partial charge on any atom is -0.508 e. The number of ketones is 1. The first-order valence-corrected chi connectivity index (χ1v) is 11.3. The van der Waals surface area contributed by atoms with E-state index in [0.29, 0.717) is 17.7 Å². The van der Waals surface area contributed by atoms with E-state index in [1.165, 1.54) is 28.4 Å². The largest absolute Gasteiger partial charge is 0.508 e. The van der Waals surface area contributed by atoms with Gasteiger partial charge in [0.1, 0.15) is 17.3 Å². The zero-order valence-electron chi connectivity index (χ0n) is 17.2. The number of phenolic OH excluding ortho intramolecular Hbond substituents is 1. The maximum Gasteiger partial charge on any atom is 0.295 e. The third kappa shape index (κ3) is 3.54. The predicted octanol–water partition coefficient (Wildman–Crippen LogP) is 4.40. The van der Waals surface area contributed by atoms with Crippen LogP contribution in [-0.4, -0.2) is 33.4 Å². The van der Waals surface area contributed by atoms with Crippen LogP contribution in [0.5, 0.6) is 11.5 Å². The van der Waals surface area contributed by atoms with Crippen molar-refractivity contribution in [3.8, 4) is 11.5 Å². The summed E-state index contributed by atoms with van der Waals surface area (Å²) in [6.07, 6.45) is 1.70. The number of fused-ring (bicyclic) bond motifs is 1. The summed E-state index contributed by atoms with van der Waals surface area (Å²) in [6.45, 7) is 0.890. The molecule has 1 fully saturated rings. The average molecular weight is 448 g/mol. The van der Waals surface area contributed by atoms with Crippen LogP contribution in [0.4, 0.5) is 0 Å². The Morgan fingerprint density at radius 3 is 2.78 bits per heavy atom. The van der Waals surface area contributed by atoms with Crippen molar-refractivity contribution in [3.63, 3.8) is 0 Å². The second-order valence-electron chi connectivity index (χ2n) is 7.88. The van der Waals surface area contributed by atoms with E-state index >= 15 is 0 Å². The molecule has 2 aliphatic rings. The summed E-state index contributed by atoms with van der Waals surface area (Å²) in [5, 5.41) is 23.2. The lowest BCUT2D eigenvalue weighted by Crippen LogP contribution is -2.28. The third-order valence-corrected chi connectivity index (χ3v) is 6.68. The molecule has 2 N–H and O–H groups in total. The van der Waals surface area contributed by atoms with Crippen molar-refractivity contribution in [2.75, 3.05) is 6.61 Å². The van der Waals surface area contributed by atoms with E-state index < -0.39 is 17.7 Å². The quantitative estimate of drug-likeness (QED) is 0.352. The molecular weight excluding hydrogens is 426 g/mol. The summed E-state index contributed by atoms with van der Waals surface area (Å²) in [4.78, 5) is 28.5. The Labute approximate surface area is 189 Å². The molecule has 1 aromatic heterocycles. The number of phenols is 1. The number of ether oxygens (including phenoxy) is 1. The first-order valence-electron chi connectivity index (χ1n) is 10.4. The third-order valence-electron chi connectivity index (χ3n) is 5.81. The SMILES string of the molecule is O=C1C(=O)N(Cc2cccs2)C(c2cccc(O)c2)/C1=C(/O)c1ccc2c(c1)CCCO2. The Kier molecular flexibility index (Phi) is 5.19. The van der Waals surface area contributed by atoms with Crippen LogP contribution in [0.25, 0.3) is 5.76 Å². The predicted molar refractivity (Wildman–Crippen MR) is 121 cm³/mol. The number of aromatic hydroxyl groups is 1. The molecule has 1 atom stereocenters. The number of thiophene rings is 1. The Balaban J connectivity index is 1.64. The molecule has 0 aliphatic carbocycles. The molecule has 0 radical (unpaired) electrons. The molecule has 1 saturated heterocycles. The van der Waals surface area contributed by atoms with Crippen molar-refractivity contribution < 1.29 is 24.5 Å². The summed E-state index contributed by atoms with van der Waals surface area (Å²) >= 11 is 1.49. The smallest absolute Gasteiger partial charge is 0.295 e. The van der Waals surface area contributed by atoms with Gasteiger partial charge in [0.25, 0.3) is 11.7 Å². The summed E-state index contributed by atoms with van der Waals surface area (Å²) < 4.78 is 5.65. The topological polar surface area (TPSA) is 87.1 Å². The molecule has 3 heterocycles. The molecule has 7 heteroatoms. The molecule has 0 spiro atoms. The van der Waals surface area contributed by atoms with E-state index in [0.717, 1.165) is 29.0 Å². The van der Waals surface area contributed by atoms with Crippen molar-refractivity contribution >= 4 is 28.8 Å². The Morgan fingerprint density at radius 2 is 2.00 bits per heavy atom. The number of aliphatic hydroxyl groups excluding tert-OH is 1. The normalized spacial score (nSPS) is 19.6. The van der Waals surface area contributed by atoms with Crippen LogP contribution in [-0.2, 0) is 22.6 Å². The van der Waals surface area contributed by atoms with Gasteiger partial charge in [-0.1, -0.05) is 18.2 Å². The molecule has 162 valence electrons. The lowest BCUT2D eigenvalue weighted by Gasteiger charge is -2.25. The molecule has 0 saturated carbocycles. The fourth-order valence-corrected chi connectivity index (χ4v) is 5.02. The van der Waals surface area contributed by atoms with Gasteiger partial charge in [-0.2, -0.15) is 0 Å². The second kappa shape index (κ2) is 8.16. The number of aliphatic hydroxyl groups is 1. The minimum atomic E-state index is -0.809. The summed E-state index contributed by atoms with van der Waals surface area (Å²) in [5.41, 5.74) is 2.01. The highest BCUT2D eigenvalue weighted by Crippen LogP contribution is 2.42. The molecule has 2 aromatic carbocycles. The van der Waals surface area contributed by atoms with Crippen LogP contribution in [0, 0.1) is 0 Å². The van der Waals surface area contributed by atoms with Crippen LogP contribution in [0.1, 0.15) is 34.0 Å². The van der Waals surface area contributed by atoms with Gasteiger partial charge in [-0.3, -0.25) is 9.59 Å². The minimum absolute atomic E-state index is 0.0221. The number of rotatable bonds is 4. The number of nitrogens with zero attached hydrogens (tertiary/aromatic N) is 1. The van der Waals surface area contributed by atoms with Crippen molar-refractivity contribution in [2.45, 2.75) is 25.4 Å². The van der Waals surface area contributed by atoms with Gasteiger partial charge in [-0.25, -0.2) is 0 Å². The fourth-order valence-electron chi connectivity index (χ4n) is 4.32. The van der Waals surface area contributed by atoms with Gasteiger partial charge in [-0.15, -0.1) is 11.3 Å². The van der Waals surface area contributed by atoms with Crippen LogP contribution in [0.2, 0.25) is 0 Å². The van der Waals surface area contributed by atoms with Gasteiger partial charge in [0.05, 0.1) is 24.8 Å². The molecule has 5 rings (SSSR count).